The molecule has 104 valence electrons. The third-order valence-corrected chi connectivity index (χ3v) is 4.21. The number of anilines is 2. The number of nitrogens with one attached hydrogen (secondary N) is 2. The summed E-state index contributed by atoms with van der Waals surface area (Å²) in [6, 6.07) is 2.12. The van der Waals surface area contributed by atoms with E-state index in [0.29, 0.717) is 5.95 Å². The average molecular weight is 296 g/mol. The van der Waals surface area contributed by atoms with Gasteiger partial charge in [0.1, 0.15) is 0 Å². The highest BCUT2D eigenvalue weighted by atomic mass is 32.1. The topological polar surface area (TPSA) is 79.4 Å². The van der Waals surface area contributed by atoms with Crippen LogP contribution in [0.5, 0.6) is 0 Å². The molecule has 0 radical (unpaired) electrons. The van der Waals surface area contributed by atoms with Crippen molar-refractivity contribution in [2.45, 2.75) is 13.8 Å². The number of aromatic nitrogens is 5. The summed E-state index contributed by atoms with van der Waals surface area (Å²) in [5, 5.41) is 12.1. The van der Waals surface area contributed by atoms with Crippen LogP contribution >= 0.6 is 11.3 Å². The Bertz CT molecular complexity index is 937. The van der Waals surface area contributed by atoms with Gasteiger partial charge in [-0.05, 0) is 31.0 Å². The van der Waals surface area contributed by atoms with Crippen LogP contribution in [-0.2, 0) is 0 Å². The second kappa shape index (κ2) is 4.49. The van der Waals surface area contributed by atoms with Gasteiger partial charge in [-0.2, -0.15) is 5.10 Å². The molecule has 0 aliphatic heterocycles. The van der Waals surface area contributed by atoms with Crippen LogP contribution in [0.4, 0.5) is 11.1 Å². The van der Waals surface area contributed by atoms with Crippen molar-refractivity contribution < 1.29 is 0 Å². The van der Waals surface area contributed by atoms with Crippen LogP contribution in [0, 0.1) is 13.8 Å². The number of fused-ring (bicyclic) bond motifs is 3. The lowest BCUT2D eigenvalue weighted by Gasteiger charge is -1.99. The Labute approximate surface area is 124 Å². The fourth-order valence-electron chi connectivity index (χ4n) is 2.26. The minimum atomic E-state index is 0.555. The Hall–Kier alpha value is -2.54. The lowest BCUT2D eigenvalue weighted by atomic mass is 10.1. The van der Waals surface area contributed by atoms with Crippen molar-refractivity contribution in [3.05, 3.63) is 35.8 Å². The zero-order valence-electron chi connectivity index (χ0n) is 11.5. The van der Waals surface area contributed by atoms with Gasteiger partial charge >= 0.3 is 0 Å². The minimum absolute atomic E-state index is 0.555. The van der Waals surface area contributed by atoms with E-state index in [-0.39, 0.29) is 0 Å². The number of hydrogen-bond acceptors (Lipinski definition) is 6. The average Bonchev–Trinajstić information content (AvgIpc) is 3.07. The van der Waals surface area contributed by atoms with Crippen molar-refractivity contribution >= 4 is 43.5 Å². The second-order valence-electron chi connectivity index (χ2n) is 4.93. The van der Waals surface area contributed by atoms with Crippen molar-refractivity contribution in [3.63, 3.8) is 0 Å². The molecule has 0 fully saturated rings. The van der Waals surface area contributed by atoms with Gasteiger partial charge in [0.15, 0.2) is 5.13 Å². The van der Waals surface area contributed by atoms with Gasteiger partial charge in [-0.15, -0.1) is 0 Å². The highest BCUT2D eigenvalue weighted by molar-refractivity contribution is 7.22. The van der Waals surface area contributed by atoms with E-state index in [1.807, 2.05) is 13.1 Å². The molecule has 0 spiro atoms. The number of benzene rings is 1. The molecule has 0 unspecified atom stereocenters. The molecule has 0 atom stereocenters. The van der Waals surface area contributed by atoms with Gasteiger partial charge in [-0.1, -0.05) is 11.3 Å². The van der Waals surface area contributed by atoms with E-state index in [1.165, 1.54) is 0 Å². The molecule has 2 N–H and O–H groups in total. The zero-order valence-corrected chi connectivity index (χ0v) is 12.3. The monoisotopic (exact) mass is 296 g/mol. The molecule has 0 bridgehead atoms. The van der Waals surface area contributed by atoms with E-state index in [0.717, 1.165) is 37.4 Å². The van der Waals surface area contributed by atoms with E-state index in [1.54, 1.807) is 23.7 Å². The van der Waals surface area contributed by atoms with Gasteiger partial charge in [0.25, 0.3) is 0 Å². The summed E-state index contributed by atoms with van der Waals surface area (Å²) in [5.74, 6) is 0.555. The van der Waals surface area contributed by atoms with E-state index >= 15 is 0 Å². The summed E-state index contributed by atoms with van der Waals surface area (Å²) in [7, 11) is 0. The van der Waals surface area contributed by atoms with Gasteiger partial charge in [-0.25, -0.2) is 15.0 Å². The Morgan fingerprint density at radius 2 is 1.95 bits per heavy atom. The lowest BCUT2D eigenvalue weighted by Crippen LogP contribution is -1.95. The zero-order chi connectivity index (χ0) is 14.4. The molecule has 0 saturated heterocycles. The van der Waals surface area contributed by atoms with Crippen molar-refractivity contribution in [3.8, 4) is 0 Å². The molecule has 0 saturated carbocycles. The molecule has 0 aliphatic carbocycles. The van der Waals surface area contributed by atoms with Crippen molar-refractivity contribution in [2.75, 3.05) is 5.32 Å². The van der Waals surface area contributed by atoms with Crippen LogP contribution < -0.4 is 5.32 Å². The molecule has 3 aromatic heterocycles. The number of nitrogens with zero attached hydrogens (tertiary/aromatic N) is 4. The SMILES string of the molecule is Cc1cnc(Nc2nc3c(cc(C)c4[nH]ncc43)s2)nc1. The predicted octanol–water partition coefficient (Wildman–Crippen LogP) is 3.32. The molecule has 0 amide bonds. The smallest absolute Gasteiger partial charge is 0.228 e. The van der Waals surface area contributed by atoms with Crippen LogP contribution in [0.2, 0.25) is 0 Å². The van der Waals surface area contributed by atoms with Crippen LogP contribution in [0.15, 0.2) is 24.7 Å². The molecule has 0 aliphatic rings. The maximum absolute atomic E-state index is 4.64. The summed E-state index contributed by atoms with van der Waals surface area (Å²) in [5.41, 5.74) is 4.17. The molecule has 7 heteroatoms. The largest absolute Gasteiger partial charge is 0.300 e. The normalized spacial score (nSPS) is 11.3. The Morgan fingerprint density at radius 1 is 1.14 bits per heavy atom. The first-order chi connectivity index (χ1) is 10.2. The number of aromatic amines is 1. The predicted molar refractivity (Wildman–Crippen MR) is 84.1 cm³/mol. The first-order valence-corrected chi connectivity index (χ1v) is 7.31. The van der Waals surface area contributed by atoms with Gasteiger partial charge in [-0.3, -0.25) is 5.10 Å². The first kappa shape index (κ1) is 12.2. The van der Waals surface area contributed by atoms with Crippen LogP contribution in [0.1, 0.15) is 11.1 Å². The summed E-state index contributed by atoms with van der Waals surface area (Å²) >= 11 is 1.58. The third kappa shape index (κ3) is 2.02. The number of hydrogen-bond donors (Lipinski definition) is 2. The molecular weight excluding hydrogens is 284 g/mol. The molecule has 3 heterocycles. The van der Waals surface area contributed by atoms with Gasteiger partial charge in [0.05, 0.1) is 21.9 Å². The maximum Gasteiger partial charge on any atom is 0.228 e. The maximum atomic E-state index is 4.64. The van der Waals surface area contributed by atoms with Crippen LogP contribution in [0.3, 0.4) is 0 Å². The first-order valence-electron chi connectivity index (χ1n) is 6.49. The summed E-state index contributed by atoms with van der Waals surface area (Å²) in [6.07, 6.45) is 5.37. The van der Waals surface area contributed by atoms with Gasteiger partial charge < -0.3 is 5.32 Å². The Morgan fingerprint density at radius 3 is 2.76 bits per heavy atom. The van der Waals surface area contributed by atoms with Crippen molar-refractivity contribution in [2.24, 2.45) is 0 Å². The lowest BCUT2D eigenvalue weighted by molar-refractivity contribution is 1.11. The molecule has 1 aromatic carbocycles. The van der Waals surface area contributed by atoms with E-state index in [9.17, 15) is 0 Å². The summed E-state index contributed by atoms with van der Waals surface area (Å²) in [6.45, 7) is 4.02. The van der Waals surface area contributed by atoms with Gasteiger partial charge in [0, 0.05) is 17.8 Å². The Kier molecular flexibility index (Phi) is 2.61. The van der Waals surface area contributed by atoms with Crippen LogP contribution in [0.25, 0.3) is 21.1 Å². The number of thiazole rings is 1. The number of rotatable bonds is 2. The fourth-order valence-corrected chi connectivity index (χ4v) is 3.24. The molecule has 4 rings (SSSR count). The molecule has 4 aromatic rings. The number of H-pyrrole nitrogens is 1. The molecule has 6 nitrogen and oxygen atoms in total. The summed E-state index contributed by atoms with van der Waals surface area (Å²) < 4.78 is 1.12. The quantitative estimate of drug-likeness (QED) is 0.593. The molecular formula is C14H12N6S. The standard InChI is InChI=1S/C14H12N6S/c1-7-4-15-13(16-5-7)19-14-18-12-9-6-17-20-11(9)8(2)3-10(12)21-14/h3-6H,1-2H3,(H,17,20)(H,15,16,18,19). The van der Waals surface area contributed by atoms with Gasteiger partial charge in [0.2, 0.25) is 5.95 Å². The van der Waals surface area contributed by atoms with Crippen LogP contribution in [-0.4, -0.2) is 25.1 Å². The minimum Gasteiger partial charge on any atom is -0.300 e. The Balaban J connectivity index is 1.81. The van der Waals surface area contributed by atoms with E-state index in [2.05, 4.69) is 43.5 Å². The second-order valence-corrected chi connectivity index (χ2v) is 5.96. The van der Waals surface area contributed by atoms with E-state index in [4.69, 9.17) is 0 Å². The van der Waals surface area contributed by atoms with Crippen molar-refractivity contribution in [1.29, 1.82) is 0 Å². The highest BCUT2D eigenvalue weighted by Gasteiger charge is 2.11. The van der Waals surface area contributed by atoms with Crippen molar-refractivity contribution in [1.82, 2.24) is 25.1 Å². The third-order valence-electron chi connectivity index (χ3n) is 3.29. The van der Waals surface area contributed by atoms with E-state index < -0.39 is 0 Å². The highest BCUT2D eigenvalue weighted by Crippen LogP contribution is 2.33. The summed E-state index contributed by atoms with van der Waals surface area (Å²) in [4.78, 5) is 13.1. The fraction of sp³-hybridized carbons (Fsp3) is 0.143. The number of aryl methyl sites for hydroxylation is 2. The molecule has 21 heavy (non-hydrogen) atoms.